The molecule has 0 atom stereocenters. The van der Waals surface area contributed by atoms with Crippen LogP contribution in [-0.2, 0) is 11.2 Å². The second-order valence-corrected chi connectivity index (χ2v) is 5.57. The highest BCUT2D eigenvalue weighted by molar-refractivity contribution is 7.22. The van der Waals surface area contributed by atoms with E-state index < -0.39 is 0 Å². The number of carbonyl (C=O) groups is 1. The summed E-state index contributed by atoms with van der Waals surface area (Å²) in [6.45, 7) is 2.71. The lowest BCUT2D eigenvalue weighted by atomic mass is 10.0. The molecule has 0 fully saturated rings. The van der Waals surface area contributed by atoms with Gasteiger partial charge in [-0.2, -0.15) is 0 Å². The fraction of sp³-hybridized carbons (Fsp3) is 0.385. The molecule has 1 aromatic carbocycles. The van der Waals surface area contributed by atoms with Gasteiger partial charge in [-0.05, 0) is 30.5 Å². The zero-order chi connectivity index (χ0) is 12.7. The lowest BCUT2D eigenvalue weighted by Crippen LogP contribution is -2.34. The lowest BCUT2D eigenvalue weighted by molar-refractivity contribution is -0.118. The Kier molecular flexibility index (Phi) is 2.70. The number of amides is 1. The molecule has 18 heavy (non-hydrogen) atoms. The fourth-order valence-corrected chi connectivity index (χ4v) is 3.25. The molecule has 0 aliphatic carbocycles. The number of hydrogen-bond donors (Lipinski definition) is 1. The SMILES string of the molecule is CCC(=O)N1CCCc2cc3sc(N)nc3cc21. The van der Waals surface area contributed by atoms with Gasteiger partial charge in [0.2, 0.25) is 5.91 Å². The molecule has 0 saturated heterocycles. The van der Waals surface area contributed by atoms with E-state index in [4.69, 9.17) is 5.73 Å². The third-order valence-electron chi connectivity index (χ3n) is 3.33. The maximum absolute atomic E-state index is 12.0. The Bertz CT molecular complexity index is 620. The van der Waals surface area contributed by atoms with Crippen molar-refractivity contribution in [3.05, 3.63) is 17.7 Å². The van der Waals surface area contributed by atoms with Crippen molar-refractivity contribution in [1.82, 2.24) is 4.98 Å². The Balaban J connectivity index is 2.15. The van der Waals surface area contributed by atoms with E-state index in [1.807, 2.05) is 17.9 Å². The molecule has 2 heterocycles. The number of aromatic nitrogens is 1. The third kappa shape index (κ3) is 1.75. The highest BCUT2D eigenvalue weighted by atomic mass is 32.1. The number of nitrogen functional groups attached to an aromatic ring is 1. The molecule has 0 unspecified atom stereocenters. The zero-order valence-electron chi connectivity index (χ0n) is 10.3. The summed E-state index contributed by atoms with van der Waals surface area (Å²) in [6.07, 6.45) is 2.59. The summed E-state index contributed by atoms with van der Waals surface area (Å²) in [5.41, 5.74) is 8.89. The minimum atomic E-state index is 0.179. The van der Waals surface area contributed by atoms with Gasteiger partial charge in [0.05, 0.1) is 10.2 Å². The van der Waals surface area contributed by atoms with Gasteiger partial charge >= 0.3 is 0 Å². The molecule has 94 valence electrons. The van der Waals surface area contributed by atoms with Crippen molar-refractivity contribution in [3.8, 4) is 0 Å². The topological polar surface area (TPSA) is 59.2 Å². The second-order valence-electron chi connectivity index (χ2n) is 4.50. The fourth-order valence-electron chi connectivity index (χ4n) is 2.47. The van der Waals surface area contributed by atoms with Crippen LogP contribution in [0.3, 0.4) is 0 Å². The first kappa shape index (κ1) is 11.5. The van der Waals surface area contributed by atoms with Crippen LogP contribution in [-0.4, -0.2) is 17.4 Å². The minimum absolute atomic E-state index is 0.179. The summed E-state index contributed by atoms with van der Waals surface area (Å²) < 4.78 is 1.11. The zero-order valence-corrected chi connectivity index (χ0v) is 11.1. The molecule has 0 bridgehead atoms. The maximum atomic E-state index is 12.0. The van der Waals surface area contributed by atoms with Crippen LogP contribution in [0.5, 0.6) is 0 Å². The lowest BCUT2D eigenvalue weighted by Gasteiger charge is -2.29. The van der Waals surface area contributed by atoms with E-state index in [2.05, 4.69) is 11.1 Å². The number of anilines is 2. The Morgan fingerprint density at radius 1 is 1.56 bits per heavy atom. The minimum Gasteiger partial charge on any atom is -0.375 e. The smallest absolute Gasteiger partial charge is 0.226 e. The molecule has 0 radical (unpaired) electrons. The number of fused-ring (bicyclic) bond motifs is 2. The standard InChI is InChI=1S/C13H15N3OS/c1-2-12(17)16-5-3-4-8-6-11-9(7-10(8)16)15-13(14)18-11/h6-7H,2-5H2,1H3,(H2,14,15). The Morgan fingerprint density at radius 2 is 2.39 bits per heavy atom. The molecule has 1 aliphatic rings. The molecule has 2 aromatic rings. The number of nitrogens with zero attached hydrogens (tertiary/aromatic N) is 2. The first-order valence-electron chi connectivity index (χ1n) is 6.18. The van der Waals surface area contributed by atoms with E-state index in [-0.39, 0.29) is 5.91 Å². The molecule has 1 aromatic heterocycles. The molecule has 1 amide bonds. The number of benzene rings is 1. The van der Waals surface area contributed by atoms with E-state index in [1.165, 1.54) is 16.9 Å². The van der Waals surface area contributed by atoms with E-state index in [1.54, 1.807) is 0 Å². The third-order valence-corrected chi connectivity index (χ3v) is 4.17. The number of aryl methyl sites for hydroxylation is 1. The highest BCUT2D eigenvalue weighted by Crippen LogP contribution is 2.34. The first-order chi connectivity index (χ1) is 8.69. The molecule has 5 heteroatoms. The summed E-state index contributed by atoms with van der Waals surface area (Å²) >= 11 is 1.50. The number of thiazole rings is 1. The van der Waals surface area contributed by atoms with Crippen molar-refractivity contribution >= 4 is 38.3 Å². The number of carbonyl (C=O) groups excluding carboxylic acids is 1. The van der Waals surface area contributed by atoms with E-state index in [0.717, 1.165) is 35.3 Å². The average molecular weight is 261 g/mol. The van der Waals surface area contributed by atoms with Crippen LogP contribution in [0.25, 0.3) is 10.2 Å². The normalized spacial score (nSPS) is 14.8. The molecule has 1 aliphatic heterocycles. The Labute approximate surface area is 109 Å². The van der Waals surface area contributed by atoms with Gasteiger partial charge in [0.25, 0.3) is 0 Å². The Morgan fingerprint density at radius 3 is 3.17 bits per heavy atom. The van der Waals surface area contributed by atoms with Gasteiger partial charge < -0.3 is 10.6 Å². The van der Waals surface area contributed by atoms with Gasteiger partial charge in [0.15, 0.2) is 5.13 Å². The van der Waals surface area contributed by atoms with Crippen molar-refractivity contribution in [1.29, 1.82) is 0 Å². The number of hydrogen-bond acceptors (Lipinski definition) is 4. The van der Waals surface area contributed by atoms with Crippen molar-refractivity contribution < 1.29 is 4.79 Å². The summed E-state index contributed by atoms with van der Waals surface area (Å²) in [5, 5.41) is 0.584. The van der Waals surface area contributed by atoms with Crippen molar-refractivity contribution in [2.24, 2.45) is 0 Å². The van der Waals surface area contributed by atoms with Gasteiger partial charge in [-0.25, -0.2) is 4.98 Å². The van der Waals surface area contributed by atoms with Crippen LogP contribution in [0.1, 0.15) is 25.3 Å². The second kappa shape index (κ2) is 4.24. The summed E-state index contributed by atoms with van der Waals surface area (Å²) in [6, 6.07) is 4.14. The maximum Gasteiger partial charge on any atom is 0.226 e. The van der Waals surface area contributed by atoms with E-state index >= 15 is 0 Å². The van der Waals surface area contributed by atoms with Crippen molar-refractivity contribution in [2.75, 3.05) is 17.2 Å². The predicted molar refractivity (Wildman–Crippen MR) is 75.0 cm³/mol. The van der Waals surface area contributed by atoms with Crippen LogP contribution in [0.2, 0.25) is 0 Å². The van der Waals surface area contributed by atoms with Crippen LogP contribution >= 0.6 is 11.3 Å². The molecule has 4 nitrogen and oxygen atoms in total. The van der Waals surface area contributed by atoms with Crippen LogP contribution < -0.4 is 10.6 Å². The molecular weight excluding hydrogens is 246 g/mol. The summed E-state index contributed by atoms with van der Waals surface area (Å²) in [7, 11) is 0. The van der Waals surface area contributed by atoms with E-state index in [0.29, 0.717) is 11.6 Å². The van der Waals surface area contributed by atoms with Gasteiger partial charge in [0, 0.05) is 18.7 Å². The molecule has 3 rings (SSSR count). The largest absolute Gasteiger partial charge is 0.375 e. The van der Waals surface area contributed by atoms with Gasteiger partial charge in [-0.15, -0.1) is 0 Å². The molecule has 0 saturated carbocycles. The van der Waals surface area contributed by atoms with Gasteiger partial charge in [0.1, 0.15) is 0 Å². The molecule has 2 N–H and O–H groups in total. The summed E-state index contributed by atoms with van der Waals surface area (Å²) in [4.78, 5) is 18.1. The number of rotatable bonds is 1. The molecule has 0 spiro atoms. The molecular formula is C13H15N3OS. The van der Waals surface area contributed by atoms with Crippen molar-refractivity contribution in [3.63, 3.8) is 0 Å². The van der Waals surface area contributed by atoms with Gasteiger partial charge in [-0.3, -0.25) is 4.79 Å². The number of nitrogens with two attached hydrogens (primary N) is 1. The monoisotopic (exact) mass is 261 g/mol. The van der Waals surface area contributed by atoms with Crippen LogP contribution in [0, 0.1) is 0 Å². The van der Waals surface area contributed by atoms with Crippen LogP contribution in [0.4, 0.5) is 10.8 Å². The van der Waals surface area contributed by atoms with Crippen LogP contribution in [0.15, 0.2) is 12.1 Å². The van der Waals surface area contributed by atoms with Crippen molar-refractivity contribution in [2.45, 2.75) is 26.2 Å². The van der Waals surface area contributed by atoms with E-state index in [9.17, 15) is 4.79 Å². The Hall–Kier alpha value is -1.62. The highest BCUT2D eigenvalue weighted by Gasteiger charge is 2.22. The average Bonchev–Trinajstić information content (AvgIpc) is 2.73. The predicted octanol–water partition coefficient (Wildman–Crippen LogP) is 2.57. The quantitative estimate of drug-likeness (QED) is 0.858. The van der Waals surface area contributed by atoms with Gasteiger partial charge in [-0.1, -0.05) is 18.3 Å². The summed E-state index contributed by atoms with van der Waals surface area (Å²) in [5.74, 6) is 0.179. The first-order valence-corrected chi connectivity index (χ1v) is 7.00.